The number of aliphatic hydroxyl groups excluding tert-OH is 1. The Labute approximate surface area is 125 Å². The highest BCUT2D eigenvalue weighted by molar-refractivity contribution is 5.82. The number of aliphatic hydroxyl groups is 1. The van der Waals surface area contributed by atoms with Crippen molar-refractivity contribution in [1.82, 2.24) is 19.8 Å². The third-order valence-corrected chi connectivity index (χ3v) is 4.63. The Morgan fingerprint density at radius 2 is 2.14 bits per heavy atom. The van der Waals surface area contributed by atoms with Crippen LogP contribution in [-0.2, 0) is 4.79 Å². The van der Waals surface area contributed by atoms with Gasteiger partial charge in [-0.15, -0.1) is 0 Å². The number of rotatable bonds is 4. The van der Waals surface area contributed by atoms with Gasteiger partial charge in [-0.3, -0.25) is 4.79 Å². The summed E-state index contributed by atoms with van der Waals surface area (Å²) in [6.07, 6.45) is 7.79. The molecule has 0 bridgehead atoms. The van der Waals surface area contributed by atoms with Gasteiger partial charge in [-0.05, 0) is 38.8 Å². The van der Waals surface area contributed by atoms with Gasteiger partial charge in [-0.1, -0.05) is 6.42 Å². The van der Waals surface area contributed by atoms with Crippen LogP contribution in [0.1, 0.15) is 43.9 Å². The summed E-state index contributed by atoms with van der Waals surface area (Å²) in [6.45, 7) is 3.98. The van der Waals surface area contributed by atoms with Crippen molar-refractivity contribution in [3.8, 4) is 0 Å². The first-order chi connectivity index (χ1) is 10.3. The van der Waals surface area contributed by atoms with Crippen molar-refractivity contribution in [2.45, 2.75) is 44.2 Å². The zero-order valence-corrected chi connectivity index (χ0v) is 12.4. The van der Waals surface area contributed by atoms with Gasteiger partial charge in [0.05, 0.1) is 18.2 Å². The summed E-state index contributed by atoms with van der Waals surface area (Å²) in [5, 5.41) is 10.2. The number of piperidine rings is 1. The van der Waals surface area contributed by atoms with Crippen molar-refractivity contribution in [3.05, 3.63) is 18.2 Å². The van der Waals surface area contributed by atoms with Crippen molar-refractivity contribution in [2.75, 3.05) is 26.2 Å². The van der Waals surface area contributed by atoms with E-state index >= 15 is 0 Å². The Morgan fingerprint density at radius 1 is 1.33 bits per heavy atom. The predicted octanol–water partition coefficient (Wildman–Crippen LogP) is 0.920. The van der Waals surface area contributed by atoms with Crippen LogP contribution < -0.4 is 0 Å². The first-order valence-electron chi connectivity index (χ1n) is 7.95. The average molecular weight is 292 g/mol. The first kappa shape index (κ1) is 14.5. The van der Waals surface area contributed by atoms with Crippen molar-refractivity contribution >= 4 is 5.91 Å². The maximum atomic E-state index is 12.5. The van der Waals surface area contributed by atoms with Crippen LogP contribution >= 0.6 is 0 Å². The molecule has 2 unspecified atom stereocenters. The number of imidazole rings is 1. The minimum Gasteiger partial charge on any atom is -0.377 e. The van der Waals surface area contributed by atoms with E-state index in [0.717, 1.165) is 39.0 Å². The van der Waals surface area contributed by atoms with Gasteiger partial charge in [-0.2, -0.15) is 0 Å². The highest BCUT2D eigenvalue weighted by Gasteiger charge is 2.34. The quantitative estimate of drug-likeness (QED) is 0.865. The molecule has 0 aromatic carbocycles. The van der Waals surface area contributed by atoms with Gasteiger partial charge in [0, 0.05) is 19.1 Å². The van der Waals surface area contributed by atoms with Gasteiger partial charge in [0.25, 0.3) is 5.91 Å². The Hall–Kier alpha value is -1.40. The molecule has 2 N–H and O–H groups in total. The van der Waals surface area contributed by atoms with Crippen molar-refractivity contribution in [2.24, 2.45) is 0 Å². The molecule has 2 fully saturated rings. The van der Waals surface area contributed by atoms with Gasteiger partial charge >= 0.3 is 0 Å². The topological polar surface area (TPSA) is 72.5 Å². The normalized spacial score (nSPS) is 25.2. The summed E-state index contributed by atoms with van der Waals surface area (Å²) in [6, 6.07) is 0.244. The molecule has 2 atom stereocenters. The summed E-state index contributed by atoms with van der Waals surface area (Å²) in [7, 11) is 0. The minimum absolute atomic E-state index is 0.196. The summed E-state index contributed by atoms with van der Waals surface area (Å²) in [5.74, 6) is -0.196. The van der Waals surface area contributed by atoms with Gasteiger partial charge in [0.1, 0.15) is 0 Å². The predicted molar refractivity (Wildman–Crippen MR) is 78.6 cm³/mol. The van der Waals surface area contributed by atoms with Gasteiger partial charge in [0.15, 0.2) is 6.10 Å². The van der Waals surface area contributed by atoms with Crippen LogP contribution in [0.15, 0.2) is 12.5 Å². The summed E-state index contributed by atoms with van der Waals surface area (Å²) >= 11 is 0. The standard InChI is InChI=1S/C15H24N4O2/c20-14(13-9-16-11-17-13)15(21)19-8-4-5-12(19)10-18-6-2-1-3-7-18/h9,11-12,14,20H,1-8,10H2,(H,16,17). The molecule has 2 aliphatic rings. The molecule has 2 saturated heterocycles. The molecule has 3 rings (SSSR count). The Morgan fingerprint density at radius 3 is 2.86 bits per heavy atom. The molecule has 0 spiro atoms. The number of nitrogens with zero attached hydrogens (tertiary/aromatic N) is 3. The largest absolute Gasteiger partial charge is 0.377 e. The molecule has 0 radical (unpaired) electrons. The zero-order chi connectivity index (χ0) is 14.7. The maximum absolute atomic E-state index is 12.5. The summed E-state index contributed by atoms with van der Waals surface area (Å²) < 4.78 is 0. The fraction of sp³-hybridized carbons (Fsp3) is 0.733. The molecule has 21 heavy (non-hydrogen) atoms. The van der Waals surface area contributed by atoms with E-state index in [2.05, 4.69) is 14.9 Å². The molecule has 6 nitrogen and oxygen atoms in total. The fourth-order valence-corrected chi connectivity index (χ4v) is 3.46. The number of aromatic nitrogens is 2. The zero-order valence-electron chi connectivity index (χ0n) is 12.4. The van der Waals surface area contributed by atoms with E-state index in [4.69, 9.17) is 0 Å². The highest BCUT2D eigenvalue weighted by Crippen LogP contribution is 2.24. The summed E-state index contributed by atoms with van der Waals surface area (Å²) in [4.78, 5) is 23.5. The number of carbonyl (C=O) groups excluding carboxylic acids is 1. The Kier molecular flexibility index (Phi) is 4.55. The fourth-order valence-electron chi connectivity index (χ4n) is 3.46. The molecule has 0 saturated carbocycles. The highest BCUT2D eigenvalue weighted by atomic mass is 16.3. The van der Waals surface area contributed by atoms with E-state index in [1.807, 2.05) is 4.90 Å². The Bertz CT molecular complexity index is 456. The average Bonchev–Trinajstić information content (AvgIpc) is 3.18. The lowest BCUT2D eigenvalue weighted by Crippen LogP contribution is -2.46. The minimum atomic E-state index is -1.12. The SMILES string of the molecule is O=C(C(O)c1cnc[nH]1)N1CCCC1CN1CCCCC1. The van der Waals surface area contributed by atoms with Gasteiger partial charge < -0.3 is 19.9 Å². The maximum Gasteiger partial charge on any atom is 0.257 e. The van der Waals surface area contributed by atoms with Crippen LogP contribution in [0.3, 0.4) is 0 Å². The van der Waals surface area contributed by atoms with Gasteiger partial charge in [-0.25, -0.2) is 4.98 Å². The molecule has 2 aliphatic heterocycles. The number of nitrogens with one attached hydrogen (secondary N) is 1. The molecular formula is C15H24N4O2. The Balaban J connectivity index is 1.61. The lowest BCUT2D eigenvalue weighted by molar-refractivity contribution is -0.142. The van der Waals surface area contributed by atoms with E-state index in [0.29, 0.717) is 5.69 Å². The summed E-state index contributed by atoms with van der Waals surface area (Å²) in [5.41, 5.74) is 0.476. The van der Waals surface area contributed by atoms with E-state index in [1.54, 1.807) is 0 Å². The van der Waals surface area contributed by atoms with Crippen LogP contribution in [0.25, 0.3) is 0 Å². The molecular weight excluding hydrogens is 268 g/mol. The van der Waals surface area contributed by atoms with Crippen molar-refractivity contribution < 1.29 is 9.90 Å². The molecule has 116 valence electrons. The second-order valence-corrected chi connectivity index (χ2v) is 6.10. The van der Waals surface area contributed by atoms with E-state index in [1.165, 1.54) is 31.8 Å². The van der Waals surface area contributed by atoms with Crippen LogP contribution in [0, 0.1) is 0 Å². The third kappa shape index (κ3) is 3.27. The number of amides is 1. The number of H-pyrrole nitrogens is 1. The number of carbonyl (C=O) groups is 1. The smallest absolute Gasteiger partial charge is 0.257 e. The van der Waals surface area contributed by atoms with E-state index in [9.17, 15) is 9.90 Å². The van der Waals surface area contributed by atoms with Crippen LogP contribution in [0.2, 0.25) is 0 Å². The number of likely N-dealkylation sites (tertiary alicyclic amines) is 2. The third-order valence-electron chi connectivity index (χ3n) is 4.63. The van der Waals surface area contributed by atoms with E-state index in [-0.39, 0.29) is 11.9 Å². The van der Waals surface area contributed by atoms with Crippen LogP contribution in [-0.4, -0.2) is 63.0 Å². The van der Waals surface area contributed by atoms with Crippen LogP contribution in [0.4, 0.5) is 0 Å². The number of hydrogen-bond donors (Lipinski definition) is 2. The molecule has 1 aromatic rings. The molecule has 0 aliphatic carbocycles. The van der Waals surface area contributed by atoms with E-state index < -0.39 is 6.10 Å². The van der Waals surface area contributed by atoms with Crippen LogP contribution in [0.5, 0.6) is 0 Å². The number of aromatic amines is 1. The second kappa shape index (κ2) is 6.58. The monoisotopic (exact) mass is 292 g/mol. The van der Waals surface area contributed by atoms with Crippen molar-refractivity contribution in [1.29, 1.82) is 0 Å². The molecule has 3 heterocycles. The van der Waals surface area contributed by atoms with Gasteiger partial charge in [0.2, 0.25) is 0 Å². The molecule has 1 amide bonds. The molecule has 1 aromatic heterocycles. The lowest BCUT2D eigenvalue weighted by atomic mass is 10.1. The van der Waals surface area contributed by atoms with Crippen molar-refractivity contribution in [3.63, 3.8) is 0 Å². The molecule has 6 heteroatoms. The first-order valence-corrected chi connectivity index (χ1v) is 7.95. The second-order valence-electron chi connectivity index (χ2n) is 6.10. The number of hydrogen-bond acceptors (Lipinski definition) is 4. The lowest BCUT2D eigenvalue weighted by Gasteiger charge is -2.33.